The monoisotopic (exact) mass is 562 g/mol. The second-order valence-corrected chi connectivity index (χ2v) is 10.9. The molecule has 0 aliphatic carbocycles. The van der Waals surface area contributed by atoms with Crippen LogP contribution in [0.4, 0.5) is 0 Å². The topological polar surface area (TPSA) is 72.8 Å². The molecule has 1 atom stereocenters. The molecule has 0 amide bonds. The van der Waals surface area contributed by atoms with Crippen LogP contribution in [0.1, 0.15) is 155 Å². The molecule has 0 rings (SSSR count). The van der Waals surface area contributed by atoms with E-state index in [0.717, 1.165) is 64.2 Å². The Balaban J connectivity index is 3.64. The molecule has 5 nitrogen and oxygen atoms in total. The Morgan fingerprint density at radius 1 is 0.575 bits per heavy atom. The Morgan fingerprint density at radius 2 is 1.02 bits per heavy atom. The van der Waals surface area contributed by atoms with Gasteiger partial charge >= 0.3 is 11.9 Å². The molecule has 0 saturated carbocycles. The van der Waals surface area contributed by atoms with Crippen LogP contribution in [0.2, 0.25) is 0 Å². The number of hydrogen-bond donors (Lipinski definition) is 1. The van der Waals surface area contributed by atoms with E-state index < -0.39 is 6.10 Å². The number of ether oxygens (including phenoxy) is 2. The smallest absolute Gasteiger partial charge is 0.306 e. The first kappa shape index (κ1) is 38.1. The van der Waals surface area contributed by atoms with Gasteiger partial charge in [0.2, 0.25) is 0 Å². The zero-order valence-corrected chi connectivity index (χ0v) is 26.1. The van der Waals surface area contributed by atoms with Gasteiger partial charge < -0.3 is 14.6 Å². The molecule has 232 valence electrons. The lowest BCUT2D eigenvalue weighted by atomic mass is 10.1. The van der Waals surface area contributed by atoms with Crippen molar-refractivity contribution in [3.63, 3.8) is 0 Å². The largest absolute Gasteiger partial charge is 0.462 e. The number of aliphatic hydroxyl groups excluding tert-OH is 1. The van der Waals surface area contributed by atoms with Crippen molar-refractivity contribution in [2.75, 3.05) is 13.2 Å². The highest BCUT2D eigenvalue weighted by molar-refractivity contribution is 5.70. The molecule has 1 unspecified atom stereocenters. The average molecular weight is 563 g/mol. The zero-order valence-electron chi connectivity index (χ0n) is 26.1. The van der Waals surface area contributed by atoms with Gasteiger partial charge in [0.1, 0.15) is 6.61 Å². The van der Waals surface area contributed by atoms with Gasteiger partial charge in [-0.3, -0.25) is 9.59 Å². The molecule has 0 aliphatic heterocycles. The Hall–Kier alpha value is -1.88. The SMILES string of the molecule is CCCC/C=C\CCCCCCCC(=O)OCC(CO)OC(=O)CCCCCCC/C=C\C/C=C\CCCCC. The molecule has 40 heavy (non-hydrogen) atoms. The van der Waals surface area contributed by atoms with Crippen LogP contribution < -0.4 is 0 Å². The van der Waals surface area contributed by atoms with Crippen molar-refractivity contribution in [3.8, 4) is 0 Å². The van der Waals surface area contributed by atoms with E-state index in [0.29, 0.717) is 12.8 Å². The number of carbonyl (C=O) groups is 2. The molecule has 0 bridgehead atoms. The van der Waals surface area contributed by atoms with E-state index in [1.807, 2.05) is 0 Å². The minimum atomic E-state index is -0.778. The summed E-state index contributed by atoms with van der Waals surface area (Å²) in [4.78, 5) is 24.1. The summed E-state index contributed by atoms with van der Waals surface area (Å²) in [7, 11) is 0. The van der Waals surface area contributed by atoms with E-state index in [-0.39, 0.29) is 25.2 Å². The van der Waals surface area contributed by atoms with Gasteiger partial charge in [-0.1, -0.05) is 115 Å². The van der Waals surface area contributed by atoms with Crippen molar-refractivity contribution in [1.82, 2.24) is 0 Å². The van der Waals surface area contributed by atoms with Crippen molar-refractivity contribution in [2.45, 2.75) is 161 Å². The van der Waals surface area contributed by atoms with Crippen LogP contribution in [0.15, 0.2) is 36.5 Å². The Morgan fingerprint density at radius 3 is 1.57 bits per heavy atom. The average Bonchev–Trinajstić information content (AvgIpc) is 2.96. The molecule has 0 radical (unpaired) electrons. The van der Waals surface area contributed by atoms with Crippen molar-refractivity contribution in [1.29, 1.82) is 0 Å². The fourth-order valence-electron chi connectivity index (χ4n) is 4.33. The number of rotatable bonds is 29. The van der Waals surface area contributed by atoms with Crippen LogP contribution in [0.25, 0.3) is 0 Å². The van der Waals surface area contributed by atoms with Crippen molar-refractivity contribution in [2.24, 2.45) is 0 Å². The second-order valence-electron chi connectivity index (χ2n) is 10.9. The van der Waals surface area contributed by atoms with Gasteiger partial charge in [0.15, 0.2) is 6.10 Å². The highest BCUT2D eigenvalue weighted by Crippen LogP contribution is 2.11. The Kier molecular flexibility index (Phi) is 30.2. The highest BCUT2D eigenvalue weighted by Gasteiger charge is 2.16. The summed E-state index contributed by atoms with van der Waals surface area (Å²) in [5, 5.41) is 9.49. The van der Waals surface area contributed by atoms with Crippen molar-refractivity contribution < 1.29 is 24.2 Å². The first-order chi connectivity index (χ1) is 19.6. The standard InChI is InChI=1S/C35H62O5/c1-3-5-7-9-11-13-15-16-17-18-20-22-24-26-28-30-35(38)40-33(31-36)32-39-34(37)29-27-25-23-21-19-14-12-10-8-6-4-2/h10-13,16-17,33,36H,3-9,14-15,18-32H2,1-2H3/b12-10-,13-11-,17-16-. The number of carbonyl (C=O) groups excluding carboxylic acids is 2. The summed E-state index contributed by atoms with van der Waals surface area (Å²) in [6, 6.07) is 0. The van der Waals surface area contributed by atoms with Crippen LogP contribution in [0.5, 0.6) is 0 Å². The van der Waals surface area contributed by atoms with Crippen LogP contribution in [0, 0.1) is 0 Å². The van der Waals surface area contributed by atoms with E-state index >= 15 is 0 Å². The summed E-state index contributed by atoms with van der Waals surface area (Å²) in [5.74, 6) is -0.622. The van der Waals surface area contributed by atoms with Gasteiger partial charge in [-0.15, -0.1) is 0 Å². The normalized spacial score (nSPS) is 12.6. The lowest BCUT2D eigenvalue weighted by molar-refractivity contribution is -0.161. The van der Waals surface area contributed by atoms with Gasteiger partial charge in [-0.2, -0.15) is 0 Å². The van der Waals surface area contributed by atoms with Gasteiger partial charge in [0.25, 0.3) is 0 Å². The maximum Gasteiger partial charge on any atom is 0.306 e. The van der Waals surface area contributed by atoms with E-state index in [4.69, 9.17) is 9.47 Å². The Bertz CT molecular complexity index is 652. The van der Waals surface area contributed by atoms with Crippen LogP contribution >= 0.6 is 0 Å². The molecule has 0 heterocycles. The van der Waals surface area contributed by atoms with E-state index in [2.05, 4.69) is 50.3 Å². The lowest BCUT2D eigenvalue weighted by Crippen LogP contribution is -2.28. The molecule has 0 aliphatic rings. The molecule has 0 aromatic rings. The third kappa shape index (κ3) is 29.1. The summed E-state index contributed by atoms with van der Waals surface area (Å²) in [6.07, 6.45) is 36.2. The molecule has 5 heteroatoms. The van der Waals surface area contributed by atoms with Gasteiger partial charge in [-0.25, -0.2) is 0 Å². The minimum Gasteiger partial charge on any atom is -0.462 e. The van der Waals surface area contributed by atoms with Crippen molar-refractivity contribution >= 4 is 11.9 Å². The first-order valence-electron chi connectivity index (χ1n) is 16.5. The van der Waals surface area contributed by atoms with Crippen LogP contribution in [-0.2, 0) is 19.1 Å². The van der Waals surface area contributed by atoms with E-state index in [1.54, 1.807) is 0 Å². The van der Waals surface area contributed by atoms with Crippen LogP contribution in [0.3, 0.4) is 0 Å². The minimum absolute atomic E-state index is 0.0758. The maximum atomic E-state index is 12.1. The summed E-state index contributed by atoms with van der Waals surface area (Å²) >= 11 is 0. The van der Waals surface area contributed by atoms with Gasteiger partial charge in [-0.05, 0) is 64.2 Å². The Labute approximate surface area is 246 Å². The molecule has 1 N–H and O–H groups in total. The second kappa shape index (κ2) is 31.6. The fourth-order valence-corrected chi connectivity index (χ4v) is 4.33. The number of aliphatic hydroxyl groups is 1. The molecule has 0 saturated heterocycles. The molecule has 0 spiro atoms. The third-order valence-electron chi connectivity index (χ3n) is 6.91. The number of unbranched alkanes of at least 4 members (excludes halogenated alkanes) is 15. The predicted molar refractivity (Wildman–Crippen MR) is 168 cm³/mol. The quantitative estimate of drug-likeness (QED) is 0.0558. The third-order valence-corrected chi connectivity index (χ3v) is 6.91. The lowest BCUT2D eigenvalue weighted by Gasteiger charge is -2.15. The number of allylic oxidation sites excluding steroid dienone is 6. The number of hydrogen-bond acceptors (Lipinski definition) is 5. The van der Waals surface area contributed by atoms with E-state index in [1.165, 1.54) is 64.2 Å². The fraction of sp³-hybridized carbons (Fsp3) is 0.771. The first-order valence-corrected chi connectivity index (χ1v) is 16.5. The highest BCUT2D eigenvalue weighted by atomic mass is 16.6. The summed E-state index contributed by atoms with van der Waals surface area (Å²) in [6.45, 7) is 4.03. The predicted octanol–water partition coefficient (Wildman–Crippen LogP) is 9.72. The van der Waals surface area contributed by atoms with E-state index in [9.17, 15) is 14.7 Å². The maximum absolute atomic E-state index is 12.1. The molecule has 0 aromatic carbocycles. The summed E-state index contributed by atoms with van der Waals surface area (Å²) < 4.78 is 10.5. The van der Waals surface area contributed by atoms with Gasteiger partial charge in [0, 0.05) is 12.8 Å². The summed E-state index contributed by atoms with van der Waals surface area (Å²) in [5.41, 5.74) is 0. The molecular weight excluding hydrogens is 500 g/mol. The zero-order chi connectivity index (χ0) is 29.4. The van der Waals surface area contributed by atoms with Crippen molar-refractivity contribution in [3.05, 3.63) is 36.5 Å². The van der Waals surface area contributed by atoms with Crippen LogP contribution in [-0.4, -0.2) is 36.4 Å². The molecule has 0 fully saturated rings. The molecular formula is C35H62O5. The molecule has 0 aromatic heterocycles. The number of esters is 2. The van der Waals surface area contributed by atoms with Gasteiger partial charge in [0.05, 0.1) is 6.61 Å².